The third kappa shape index (κ3) is 5.55. The summed E-state index contributed by atoms with van der Waals surface area (Å²) in [6.45, 7) is 0. The van der Waals surface area contributed by atoms with Crippen molar-refractivity contribution in [1.29, 1.82) is 0 Å². The highest BCUT2D eigenvalue weighted by Crippen LogP contribution is 2.39. The van der Waals surface area contributed by atoms with Crippen molar-refractivity contribution in [3.05, 3.63) is 94.6 Å². The zero-order valence-corrected chi connectivity index (χ0v) is 18.8. The van der Waals surface area contributed by atoms with Crippen LogP contribution in [0.4, 0.5) is 17.7 Å². The maximum atomic E-state index is 13.8. The summed E-state index contributed by atoms with van der Waals surface area (Å²) in [4.78, 5) is 18.0. The van der Waals surface area contributed by atoms with E-state index in [1.807, 2.05) is 24.3 Å². The summed E-state index contributed by atoms with van der Waals surface area (Å²) in [5.74, 6) is 0. The average molecular weight is 521 g/mol. The fourth-order valence-corrected chi connectivity index (χ4v) is 3.54. The zero-order chi connectivity index (χ0) is 24.0. The highest BCUT2D eigenvalue weighted by Gasteiger charge is 2.34. The molecule has 33 heavy (non-hydrogen) atoms. The van der Waals surface area contributed by atoms with Gasteiger partial charge in [0.05, 0.1) is 35.4 Å². The first-order valence-electron chi connectivity index (χ1n) is 9.50. The number of hydrogen-bond acceptors (Lipinski definition) is 3. The number of rotatable bonds is 4. The molecule has 2 heterocycles. The van der Waals surface area contributed by atoms with Crippen LogP contribution in [-0.4, -0.2) is 22.9 Å². The van der Waals surface area contributed by atoms with Crippen molar-refractivity contribution in [2.75, 3.05) is 7.11 Å². The Kier molecular flexibility index (Phi) is 7.78. The van der Waals surface area contributed by atoms with Gasteiger partial charge in [0.1, 0.15) is 0 Å². The molecular weight excluding hydrogens is 504 g/mol. The molecule has 0 saturated carbocycles. The molecule has 4 nitrogen and oxygen atoms in total. The van der Waals surface area contributed by atoms with E-state index < -0.39 is 11.7 Å². The van der Waals surface area contributed by atoms with Crippen LogP contribution in [0.1, 0.15) is 15.9 Å². The van der Waals surface area contributed by atoms with Gasteiger partial charge < -0.3 is 4.57 Å². The third-order valence-corrected chi connectivity index (χ3v) is 5.18. The van der Waals surface area contributed by atoms with Gasteiger partial charge in [-0.05, 0) is 58.6 Å². The largest absolute Gasteiger partial charge is 0.418 e. The summed E-state index contributed by atoms with van der Waals surface area (Å²) in [6.07, 6.45) is -2.46. The van der Waals surface area contributed by atoms with Gasteiger partial charge in [0, 0.05) is 16.2 Å². The summed E-state index contributed by atoms with van der Waals surface area (Å²) in [7, 11) is 0.958. The Bertz CT molecular complexity index is 1220. The van der Waals surface area contributed by atoms with Crippen LogP contribution in [0, 0.1) is 0 Å². The highest BCUT2D eigenvalue weighted by atomic mass is 79.9. The highest BCUT2D eigenvalue weighted by molar-refractivity contribution is 9.10. The van der Waals surface area contributed by atoms with Crippen LogP contribution in [0.2, 0.25) is 0 Å². The Morgan fingerprint density at radius 2 is 1.58 bits per heavy atom. The number of alkyl halides is 3. The minimum absolute atomic E-state index is 0.00387. The molecule has 0 spiro atoms. The molecular formula is C24H17BrF4N2O2. The maximum Gasteiger partial charge on any atom is 0.418 e. The van der Waals surface area contributed by atoms with Gasteiger partial charge in [-0.25, -0.2) is 0 Å². The smallest absolute Gasteiger partial charge is 0.307 e. The summed E-state index contributed by atoms with van der Waals surface area (Å²) in [6, 6.07) is 19.5. The average Bonchev–Trinajstić information content (AvgIpc) is 3.24. The van der Waals surface area contributed by atoms with E-state index in [9.17, 15) is 22.5 Å². The number of para-hydroxylation sites is 1. The van der Waals surface area contributed by atoms with E-state index in [2.05, 4.69) is 25.9 Å². The molecule has 4 aromatic rings. The number of hydrogen-bond donors (Lipinski definition) is 0. The molecule has 0 fully saturated rings. The molecule has 9 heteroatoms. The van der Waals surface area contributed by atoms with Gasteiger partial charge in [0.25, 0.3) is 0 Å². The van der Waals surface area contributed by atoms with Crippen LogP contribution >= 0.6 is 15.9 Å². The Hall–Kier alpha value is -3.30. The van der Waals surface area contributed by atoms with Crippen LogP contribution in [-0.2, 0) is 11.1 Å². The zero-order valence-electron chi connectivity index (χ0n) is 17.2. The van der Waals surface area contributed by atoms with Crippen molar-refractivity contribution >= 4 is 22.2 Å². The topological polar surface area (TPSA) is 44.1 Å². The number of nitrogens with zero attached hydrogens (tertiary/aromatic N) is 2. The van der Waals surface area contributed by atoms with Gasteiger partial charge in [0.2, 0.25) is 0 Å². The van der Waals surface area contributed by atoms with Crippen molar-refractivity contribution < 1.29 is 27.4 Å². The number of carbonyl (C=O) groups is 1. The van der Waals surface area contributed by atoms with E-state index in [0.29, 0.717) is 28.9 Å². The number of carbonyl (C=O) groups excluding carboxylic acids is 1. The van der Waals surface area contributed by atoms with E-state index in [1.54, 1.807) is 34.9 Å². The van der Waals surface area contributed by atoms with Crippen LogP contribution in [0.15, 0.2) is 83.5 Å². The molecule has 0 radical (unpaired) electrons. The predicted octanol–water partition coefficient (Wildman–Crippen LogP) is 7.32. The quantitative estimate of drug-likeness (QED) is 0.209. The van der Waals surface area contributed by atoms with Crippen LogP contribution < -0.4 is 0 Å². The van der Waals surface area contributed by atoms with E-state index in [-0.39, 0.29) is 5.69 Å². The molecule has 0 amide bonds. The monoisotopic (exact) mass is 520 g/mol. The van der Waals surface area contributed by atoms with Gasteiger partial charge in [-0.2, -0.15) is 18.1 Å². The molecule has 0 atom stereocenters. The van der Waals surface area contributed by atoms with E-state index in [1.165, 1.54) is 18.3 Å². The molecule has 0 N–H and O–H groups in total. The normalized spacial score (nSPS) is 11.0. The first-order valence-corrected chi connectivity index (χ1v) is 10.3. The third-order valence-electron chi connectivity index (χ3n) is 4.66. The fourth-order valence-electron chi connectivity index (χ4n) is 3.28. The van der Waals surface area contributed by atoms with E-state index in [0.717, 1.165) is 23.2 Å². The Balaban J connectivity index is 0.000000968. The number of aromatic nitrogens is 2. The lowest BCUT2D eigenvalue weighted by atomic mass is 10.1. The first kappa shape index (κ1) is 24.3. The molecule has 0 aliphatic heterocycles. The first-order chi connectivity index (χ1) is 15.8. The molecule has 0 unspecified atom stereocenters. The summed E-state index contributed by atoms with van der Waals surface area (Å²) in [5, 5.41) is 0. The van der Waals surface area contributed by atoms with Crippen molar-refractivity contribution in [3.8, 4) is 28.3 Å². The standard InChI is InChI=1S/C23H14BrF3N2O.CH3FO/c24-17-8-6-16(7-9-17)20-11-12-22(19-10-5-15(14-30)13-28-19)29(20)21-4-2-1-3-18(21)23(25,26)27;1-3-2/h1-14H;1H3. The molecule has 0 aliphatic rings. The minimum Gasteiger partial charge on any atom is -0.307 e. The van der Waals surface area contributed by atoms with Crippen molar-refractivity contribution in [2.24, 2.45) is 0 Å². The lowest BCUT2D eigenvalue weighted by Gasteiger charge is -2.19. The van der Waals surface area contributed by atoms with Crippen molar-refractivity contribution in [1.82, 2.24) is 9.55 Å². The Morgan fingerprint density at radius 1 is 0.939 bits per heavy atom. The maximum absolute atomic E-state index is 13.8. The summed E-state index contributed by atoms with van der Waals surface area (Å²) < 4.78 is 53.6. The summed E-state index contributed by atoms with van der Waals surface area (Å²) in [5.41, 5.74) is 1.94. The second kappa shape index (κ2) is 10.5. The van der Waals surface area contributed by atoms with Crippen molar-refractivity contribution in [2.45, 2.75) is 6.18 Å². The number of pyridine rings is 1. The fraction of sp³-hybridized carbons (Fsp3) is 0.0833. The van der Waals surface area contributed by atoms with Gasteiger partial charge in [-0.15, -0.1) is 0 Å². The second-order valence-corrected chi connectivity index (χ2v) is 7.63. The Morgan fingerprint density at radius 3 is 2.15 bits per heavy atom. The molecule has 4 rings (SSSR count). The predicted molar refractivity (Wildman–Crippen MR) is 121 cm³/mol. The second-order valence-electron chi connectivity index (χ2n) is 6.71. The van der Waals surface area contributed by atoms with Gasteiger partial charge in [-0.1, -0.05) is 40.2 Å². The van der Waals surface area contributed by atoms with Gasteiger partial charge in [0.15, 0.2) is 6.29 Å². The minimum atomic E-state index is -4.52. The van der Waals surface area contributed by atoms with Crippen LogP contribution in [0.25, 0.3) is 28.3 Å². The SMILES string of the molecule is COF.O=Cc1ccc(-c2ccc(-c3ccc(Br)cc3)n2-c2ccccc2C(F)(F)F)nc1. The summed E-state index contributed by atoms with van der Waals surface area (Å²) >= 11 is 3.38. The molecule has 2 aromatic heterocycles. The van der Waals surface area contributed by atoms with Gasteiger partial charge in [-0.3, -0.25) is 9.78 Å². The molecule has 0 aliphatic carbocycles. The lowest BCUT2D eigenvalue weighted by Crippen LogP contribution is -2.12. The Labute approximate surface area is 195 Å². The number of benzene rings is 2. The number of halogens is 5. The molecule has 0 saturated heterocycles. The van der Waals surface area contributed by atoms with Crippen LogP contribution in [0.5, 0.6) is 0 Å². The van der Waals surface area contributed by atoms with E-state index in [4.69, 9.17) is 0 Å². The van der Waals surface area contributed by atoms with Crippen LogP contribution in [0.3, 0.4) is 0 Å². The van der Waals surface area contributed by atoms with Crippen molar-refractivity contribution in [3.63, 3.8) is 0 Å². The number of aldehydes is 1. The molecule has 2 aromatic carbocycles. The molecule has 170 valence electrons. The van der Waals surface area contributed by atoms with Gasteiger partial charge >= 0.3 is 6.18 Å². The molecule has 0 bridgehead atoms. The van der Waals surface area contributed by atoms with E-state index >= 15 is 0 Å². The lowest BCUT2D eigenvalue weighted by molar-refractivity contribution is -0.137.